The quantitative estimate of drug-likeness (QED) is 0.423. The maximum absolute atomic E-state index is 13.8. The number of aromatic nitrogens is 4. The molecule has 0 aliphatic carbocycles. The maximum atomic E-state index is 13.8. The molecule has 0 radical (unpaired) electrons. The van der Waals surface area contributed by atoms with Crippen molar-refractivity contribution in [2.75, 3.05) is 18.9 Å². The Morgan fingerprint density at radius 1 is 1.09 bits per heavy atom. The molecule has 6 rings (SSSR count). The fraction of sp³-hybridized carbons (Fsp3) is 0.222. The molecular weight excluding hydrogens is 424 g/mol. The number of carbonyl (C=O) groups excluding carboxylic acids is 1. The van der Waals surface area contributed by atoms with E-state index in [4.69, 9.17) is 0 Å². The van der Waals surface area contributed by atoms with Gasteiger partial charge in [-0.1, -0.05) is 36.4 Å². The molecule has 2 aromatic carbocycles. The van der Waals surface area contributed by atoms with Gasteiger partial charge in [-0.2, -0.15) is 0 Å². The first kappa shape index (κ1) is 20.5. The number of likely N-dealkylation sites (tertiary alicyclic amines) is 1. The van der Waals surface area contributed by atoms with Gasteiger partial charge in [-0.3, -0.25) is 9.78 Å². The molecule has 1 N–H and O–H groups in total. The summed E-state index contributed by atoms with van der Waals surface area (Å²) in [7, 11) is 3.84. The smallest absolute Gasteiger partial charge is 0.256 e. The normalized spacial score (nSPS) is 15.9. The van der Waals surface area contributed by atoms with Crippen LogP contribution in [-0.2, 0) is 7.05 Å². The summed E-state index contributed by atoms with van der Waals surface area (Å²) in [6.45, 7) is 0.779. The summed E-state index contributed by atoms with van der Waals surface area (Å²) in [5.41, 5.74) is 5.56. The van der Waals surface area contributed by atoms with Gasteiger partial charge in [-0.05, 0) is 30.5 Å². The molecule has 5 aromatic rings. The van der Waals surface area contributed by atoms with Gasteiger partial charge in [-0.15, -0.1) is 0 Å². The van der Waals surface area contributed by atoms with Crippen LogP contribution in [0.2, 0.25) is 0 Å². The first-order valence-electron chi connectivity index (χ1n) is 11.6. The molecule has 34 heavy (non-hydrogen) atoms. The van der Waals surface area contributed by atoms with E-state index in [9.17, 15) is 4.79 Å². The third-order valence-corrected chi connectivity index (χ3v) is 6.81. The van der Waals surface area contributed by atoms with E-state index in [0.717, 1.165) is 58.6 Å². The largest absolute Gasteiger partial charge is 0.372 e. The second-order valence-electron chi connectivity index (χ2n) is 8.87. The summed E-state index contributed by atoms with van der Waals surface area (Å²) in [4.78, 5) is 24.9. The highest BCUT2D eigenvalue weighted by molar-refractivity contribution is 6.08. The summed E-state index contributed by atoms with van der Waals surface area (Å²) in [5, 5.41) is 4.01. The van der Waals surface area contributed by atoms with Crippen LogP contribution in [0.25, 0.3) is 27.8 Å². The Bertz CT molecular complexity index is 1520. The Labute approximate surface area is 197 Å². The van der Waals surface area contributed by atoms with E-state index < -0.39 is 0 Å². The van der Waals surface area contributed by atoms with Crippen LogP contribution in [0, 0.1) is 0 Å². The third kappa shape index (κ3) is 3.32. The summed E-state index contributed by atoms with van der Waals surface area (Å²) < 4.78 is 4.00. The average Bonchev–Trinajstić information content (AvgIpc) is 3.60. The third-order valence-electron chi connectivity index (χ3n) is 6.81. The number of hydrogen-bond acceptors (Lipinski definition) is 4. The molecule has 3 aromatic heterocycles. The molecule has 170 valence electrons. The highest BCUT2D eigenvalue weighted by Gasteiger charge is 2.32. The Morgan fingerprint density at radius 2 is 1.94 bits per heavy atom. The van der Waals surface area contributed by atoms with Crippen molar-refractivity contribution in [2.24, 2.45) is 7.05 Å². The van der Waals surface area contributed by atoms with Gasteiger partial charge in [0.05, 0.1) is 29.7 Å². The second kappa shape index (κ2) is 8.02. The predicted molar refractivity (Wildman–Crippen MR) is 134 cm³/mol. The minimum absolute atomic E-state index is 0.0887. The molecule has 0 spiro atoms. The maximum Gasteiger partial charge on any atom is 0.256 e. The molecular formula is C27H26N6O. The number of amides is 1. The lowest BCUT2D eigenvalue weighted by Gasteiger charge is -2.25. The van der Waals surface area contributed by atoms with Gasteiger partial charge in [0.25, 0.3) is 5.91 Å². The first-order valence-corrected chi connectivity index (χ1v) is 11.6. The summed E-state index contributed by atoms with van der Waals surface area (Å²) in [6, 6.07) is 16.7. The first-order chi connectivity index (χ1) is 16.6. The van der Waals surface area contributed by atoms with Gasteiger partial charge in [0.1, 0.15) is 5.82 Å². The minimum Gasteiger partial charge on any atom is -0.372 e. The standard InChI is InChI=1S/C27H26N6O/c1-28-25-17-32-16-22(29-14-26(32)30-25)19-10-11-24-20(13-19)21(15-31(24)2)27(34)33-12-6-9-23(33)18-7-4-3-5-8-18/h3-5,7-8,10-11,13-17,23,28H,6,9,12H2,1-2H3. The molecule has 4 heterocycles. The van der Waals surface area contributed by atoms with Gasteiger partial charge in [-0.25, -0.2) is 4.98 Å². The van der Waals surface area contributed by atoms with E-state index in [2.05, 4.69) is 45.6 Å². The number of rotatable bonds is 4. The number of fused-ring (bicyclic) bond motifs is 2. The van der Waals surface area contributed by atoms with Crippen LogP contribution in [0.4, 0.5) is 5.82 Å². The zero-order valence-corrected chi connectivity index (χ0v) is 19.3. The van der Waals surface area contributed by atoms with Crippen molar-refractivity contribution in [3.8, 4) is 11.3 Å². The molecule has 7 heteroatoms. The summed E-state index contributed by atoms with van der Waals surface area (Å²) >= 11 is 0. The second-order valence-corrected chi connectivity index (χ2v) is 8.87. The lowest BCUT2D eigenvalue weighted by atomic mass is 10.0. The van der Waals surface area contributed by atoms with E-state index in [0.29, 0.717) is 0 Å². The van der Waals surface area contributed by atoms with E-state index in [1.165, 1.54) is 5.56 Å². The van der Waals surface area contributed by atoms with Crippen LogP contribution in [0.1, 0.15) is 34.8 Å². The molecule has 1 fully saturated rings. The van der Waals surface area contributed by atoms with E-state index in [-0.39, 0.29) is 11.9 Å². The molecule has 7 nitrogen and oxygen atoms in total. The molecule has 0 saturated carbocycles. The molecule has 1 unspecified atom stereocenters. The molecule has 1 aliphatic rings. The Balaban J connectivity index is 1.40. The fourth-order valence-corrected chi connectivity index (χ4v) is 5.08. The van der Waals surface area contributed by atoms with Crippen molar-refractivity contribution in [1.82, 2.24) is 23.8 Å². The van der Waals surface area contributed by atoms with Gasteiger partial charge in [0.2, 0.25) is 0 Å². The average molecular weight is 451 g/mol. The SMILES string of the molecule is CNc1cn2cc(-c3ccc4c(c3)c(C(=O)N3CCCC3c3ccccc3)cn4C)ncc2n1. The molecule has 0 bridgehead atoms. The van der Waals surface area contributed by atoms with Crippen molar-refractivity contribution >= 4 is 28.3 Å². The van der Waals surface area contributed by atoms with Crippen LogP contribution >= 0.6 is 0 Å². The van der Waals surface area contributed by atoms with Crippen molar-refractivity contribution < 1.29 is 4.79 Å². The van der Waals surface area contributed by atoms with Gasteiger partial charge < -0.3 is 19.2 Å². The number of nitrogens with one attached hydrogen (secondary N) is 1. The summed E-state index contributed by atoms with van der Waals surface area (Å²) in [6.07, 6.45) is 9.66. The molecule has 1 aliphatic heterocycles. The fourth-order valence-electron chi connectivity index (χ4n) is 5.08. The zero-order chi connectivity index (χ0) is 23.2. The lowest BCUT2D eigenvalue weighted by Crippen LogP contribution is -2.30. The van der Waals surface area contributed by atoms with Crippen LogP contribution in [0.15, 0.2) is 73.3 Å². The van der Waals surface area contributed by atoms with Crippen LogP contribution in [-0.4, -0.2) is 43.3 Å². The molecule has 1 amide bonds. The number of hydrogen-bond donors (Lipinski definition) is 1. The number of nitrogens with zero attached hydrogens (tertiary/aromatic N) is 5. The van der Waals surface area contributed by atoms with Gasteiger partial charge in [0.15, 0.2) is 5.65 Å². The van der Waals surface area contributed by atoms with E-state index in [1.807, 2.05) is 64.8 Å². The Morgan fingerprint density at radius 3 is 2.76 bits per heavy atom. The highest BCUT2D eigenvalue weighted by atomic mass is 16.2. The van der Waals surface area contributed by atoms with E-state index in [1.54, 1.807) is 6.20 Å². The Kier molecular flexibility index (Phi) is 4.83. The number of carbonyl (C=O) groups is 1. The predicted octanol–water partition coefficient (Wildman–Crippen LogP) is 4.91. The monoisotopic (exact) mass is 450 g/mol. The van der Waals surface area contributed by atoms with Crippen LogP contribution < -0.4 is 5.32 Å². The zero-order valence-electron chi connectivity index (χ0n) is 19.3. The van der Waals surface area contributed by atoms with E-state index >= 15 is 0 Å². The Hall–Kier alpha value is -4.13. The lowest BCUT2D eigenvalue weighted by molar-refractivity contribution is 0.0737. The number of anilines is 1. The minimum atomic E-state index is 0.0887. The molecule has 1 saturated heterocycles. The van der Waals surface area contributed by atoms with Gasteiger partial charge >= 0.3 is 0 Å². The van der Waals surface area contributed by atoms with Gasteiger partial charge in [0, 0.05) is 49.5 Å². The van der Waals surface area contributed by atoms with Crippen molar-refractivity contribution in [3.63, 3.8) is 0 Å². The van der Waals surface area contributed by atoms with Crippen molar-refractivity contribution in [1.29, 1.82) is 0 Å². The molecule has 1 atom stereocenters. The van der Waals surface area contributed by atoms with Crippen LogP contribution in [0.5, 0.6) is 0 Å². The highest BCUT2D eigenvalue weighted by Crippen LogP contribution is 2.35. The topological polar surface area (TPSA) is 67.5 Å². The van der Waals surface area contributed by atoms with Crippen molar-refractivity contribution in [3.05, 3.63) is 84.4 Å². The summed E-state index contributed by atoms with van der Waals surface area (Å²) in [5.74, 6) is 0.884. The number of imidazole rings is 1. The number of aryl methyl sites for hydroxylation is 1. The van der Waals surface area contributed by atoms with Crippen molar-refractivity contribution in [2.45, 2.75) is 18.9 Å². The van der Waals surface area contributed by atoms with Crippen LogP contribution in [0.3, 0.4) is 0 Å². The number of benzene rings is 2.